The number of aromatic nitrogens is 3. The Kier molecular flexibility index (Phi) is 5.27. The molecule has 1 atom stereocenters. The maximum Gasteiger partial charge on any atom is 0.259 e. The highest BCUT2D eigenvalue weighted by molar-refractivity contribution is 6.04. The van der Waals surface area contributed by atoms with E-state index in [0.29, 0.717) is 17.4 Å². The lowest BCUT2D eigenvalue weighted by molar-refractivity contribution is 0.102. The van der Waals surface area contributed by atoms with E-state index in [1.54, 1.807) is 18.5 Å². The number of pyridine rings is 1. The Balaban J connectivity index is 1.29. The van der Waals surface area contributed by atoms with Gasteiger partial charge in [-0.2, -0.15) is 5.10 Å². The van der Waals surface area contributed by atoms with E-state index in [2.05, 4.69) is 45.4 Å². The van der Waals surface area contributed by atoms with Gasteiger partial charge in [0.2, 0.25) is 0 Å². The number of nitrogens with one attached hydrogen (secondary N) is 2. The first-order chi connectivity index (χ1) is 17.0. The van der Waals surface area contributed by atoms with Gasteiger partial charge in [0, 0.05) is 24.6 Å². The Morgan fingerprint density at radius 3 is 2.83 bits per heavy atom. The maximum atomic E-state index is 15.1. The smallest absolute Gasteiger partial charge is 0.259 e. The van der Waals surface area contributed by atoms with E-state index >= 15 is 4.39 Å². The molecule has 1 saturated carbocycles. The number of imidazole rings is 1. The summed E-state index contributed by atoms with van der Waals surface area (Å²) in [6.45, 7) is 4.14. The zero-order valence-corrected chi connectivity index (χ0v) is 19.8. The molecule has 1 unspecified atom stereocenters. The molecule has 8 nitrogen and oxygen atoms in total. The van der Waals surface area contributed by atoms with Crippen LogP contribution >= 0.6 is 0 Å². The minimum absolute atomic E-state index is 0.00314. The molecule has 180 valence electrons. The molecule has 1 aliphatic carbocycles. The fraction of sp³-hybridized carbons (Fsp3) is 0.385. The van der Waals surface area contributed by atoms with Crippen LogP contribution in [-0.2, 0) is 12.8 Å². The number of carbonyl (C=O) groups excluding carboxylic acids is 1. The fourth-order valence-corrected chi connectivity index (χ4v) is 4.85. The molecular weight excluding hydrogens is 445 g/mol. The summed E-state index contributed by atoms with van der Waals surface area (Å²) < 4.78 is 17.2. The topological polar surface area (TPSA) is 87.4 Å². The predicted octanol–water partition coefficient (Wildman–Crippen LogP) is 4.28. The summed E-state index contributed by atoms with van der Waals surface area (Å²) in [6, 6.07) is 8.78. The SMILES string of the molecule is CC(C)N1C=NNC1c1cccc(NC(=O)c2cc3c(cc2F)CCCc2nc(C4CC4)cn2-3)n1. The maximum absolute atomic E-state index is 15.1. The Hall–Kier alpha value is -3.75. The molecular formula is C26H28FN7O. The minimum atomic E-state index is -0.528. The largest absolute Gasteiger partial charge is 0.332 e. The number of carbonyl (C=O) groups is 1. The van der Waals surface area contributed by atoms with Gasteiger partial charge >= 0.3 is 0 Å². The number of aryl methyl sites for hydroxylation is 2. The first kappa shape index (κ1) is 21.8. The fourth-order valence-electron chi connectivity index (χ4n) is 4.85. The molecule has 1 aromatic carbocycles. The second kappa shape index (κ2) is 8.48. The molecule has 1 amide bonds. The number of fused-ring (bicyclic) bond motifs is 3. The number of anilines is 1. The van der Waals surface area contributed by atoms with Crippen molar-refractivity contribution >= 4 is 18.1 Å². The van der Waals surface area contributed by atoms with Gasteiger partial charge in [-0.3, -0.25) is 10.2 Å². The molecule has 1 fully saturated rings. The summed E-state index contributed by atoms with van der Waals surface area (Å²) in [4.78, 5) is 24.7. The lowest BCUT2D eigenvalue weighted by Gasteiger charge is -2.27. The van der Waals surface area contributed by atoms with Crippen LogP contribution < -0.4 is 10.7 Å². The Morgan fingerprint density at radius 1 is 1.17 bits per heavy atom. The highest BCUT2D eigenvalue weighted by Crippen LogP contribution is 2.40. The van der Waals surface area contributed by atoms with Crippen molar-refractivity contribution in [3.8, 4) is 5.69 Å². The van der Waals surface area contributed by atoms with Crippen LogP contribution in [0.2, 0.25) is 0 Å². The number of benzene rings is 1. The molecule has 4 heterocycles. The summed E-state index contributed by atoms with van der Waals surface area (Å²) in [7, 11) is 0. The van der Waals surface area contributed by atoms with Crippen molar-refractivity contribution in [1.29, 1.82) is 0 Å². The number of halogens is 1. The van der Waals surface area contributed by atoms with Crippen LogP contribution in [0, 0.1) is 5.82 Å². The molecule has 3 aliphatic rings. The van der Waals surface area contributed by atoms with Crippen molar-refractivity contribution in [2.24, 2.45) is 5.10 Å². The molecule has 35 heavy (non-hydrogen) atoms. The van der Waals surface area contributed by atoms with E-state index < -0.39 is 11.7 Å². The zero-order chi connectivity index (χ0) is 24.1. The molecule has 2 aromatic heterocycles. The average Bonchev–Trinajstić information content (AvgIpc) is 3.45. The van der Waals surface area contributed by atoms with Crippen molar-refractivity contribution in [1.82, 2.24) is 24.9 Å². The van der Waals surface area contributed by atoms with Gasteiger partial charge in [0.25, 0.3) is 5.91 Å². The third-order valence-corrected chi connectivity index (χ3v) is 6.89. The molecule has 0 radical (unpaired) electrons. The zero-order valence-electron chi connectivity index (χ0n) is 19.8. The molecule has 3 aromatic rings. The highest BCUT2D eigenvalue weighted by atomic mass is 19.1. The second-order valence-electron chi connectivity index (χ2n) is 9.76. The molecule has 2 aliphatic heterocycles. The van der Waals surface area contributed by atoms with Gasteiger partial charge in [-0.15, -0.1) is 0 Å². The highest BCUT2D eigenvalue weighted by Gasteiger charge is 2.29. The Labute approximate surface area is 203 Å². The quantitative estimate of drug-likeness (QED) is 0.578. The Morgan fingerprint density at radius 2 is 2.03 bits per heavy atom. The first-order valence-corrected chi connectivity index (χ1v) is 12.2. The van der Waals surface area contributed by atoms with Gasteiger partial charge in [0.1, 0.15) is 23.8 Å². The van der Waals surface area contributed by atoms with E-state index in [0.717, 1.165) is 42.0 Å². The number of amides is 1. The summed E-state index contributed by atoms with van der Waals surface area (Å²) in [6.07, 6.45) is 8.42. The molecule has 9 heteroatoms. The number of hydrogen-bond donors (Lipinski definition) is 2. The lowest BCUT2D eigenvalue weighted by Crippen LogP contribution is -2.34. The van der Waals surface area contributed by atoms with Gasteiger partial charge in [-0.25, -0.2) is 14.4 Å². The summed E-state index contributed by atoms with van der Waals surface area (Å²) in [5, 5.41) is 6.93. The van der Waals surface area contributed by atoms with E-state index in [1.165, 1.54) is 18.9 Å². The lowest BCUT2D eigenvalue weighted by atomic mass is 10.0. The van der Waals surface area contributed by atoms with E-state index in [1.807, 2.05) is 17.0 Å². The van der Waals surface area contributed by atoms with Gasteiger partial charge in [0.15, 0.2) is 6.17 Å². The van der Waals surface area contributed by atoms with Crippen LogP contribution in [0.15, 0.2) is 41.6 Å². The standard InChI is InChI=1S/C26H28FN7O/c1-15(2)34-14-28-32-25(34)20-6-4-7-23(29-20)31-26(35)18-12-22-17(11-19(18)27)5-3-8-24-30-21(13-33(22)24)16-9-10-16/h4,6-7,11-16,25,32H,3,5,8-10H2,1-2H3,(H,29,31,35). The van der Waals surface area contributed by atoms with Crippen molar-refractivity contribution < 1.29 is 9.18 Å². The number of rotatable bonds is 5. The van der Waals surface area contributed by atoms with Crippen LogP contribution in [0.5, 0.6) is 0 Å². The predicted molar refractivity (Wildman–Crippen MR) is 131 cm³/mol. The van der Waals surface area contributed by atoms with Gasteiger partial charge in [-0.05, 0) is 69.4 Å². The third kappa shape index (κ3) is 4.05. The van der Waals surface area contributed by atoms with Crippen LogP contribution in [0.4, 0.5) is 10.2 Å². The summed E-state index contributed by atoms with van der Waals surface area (Å²) in [5.41, 5.74) is 6.59. The second-order valence-corrected chi connectivity index (χ2v) is 9.76. The van der Waals surface area contributed by atoms with Crippen LogP contribution in [0.3, 0.4) is 0 Å². The summed E-state index contributed by atoms with van der Waals surface area (Å²) >= 11 is 0. The van der Waals surface area contributed by atoms with E-state index in [9.17, 15) is 4.79 Å². The first-order valence-electron chi connectivity index (χ1n) is 12.2. The normalized spacial score (nSPS) is 18.7. The van der Waals surface area contributed by atoms with Crippen molar-refractivity contribution in [2.45, 2.75) is 64.1 Å². The van der Waals surface area contributed by atoms with E-state index in [-0.39, 0.29) is 17.8 Å². The van der Waals surface area contributed by atoms with Crippen molar-refractivity contribution in [3.63, 3.8) is 0 Å². The number of hydrogen-bond acceptors (Lipinski definition) is 6. The van der Waals surface area contributed by atoms with E-state index in [4.69, 9.17) is 4.98 Å². The van der Waals surface area contributed by atoms with Crippen LogP contribution in [0.25, 0.3) is 5.69 Å². The van der Waals surface area contributed by atoms with Crippen molar-refractivity contribution in [3.05, 3.63) is 70.7 Å². The van der Waals surface area contributed by atoms with Gasteiger partial charge in [-0.1, -0.05) is 6.07 Å². The monoisotopic (exact) mass is 473 g/mol. The molecule has 0 saturated heterocycles. The molecule has 0 bridgehead atoms. The molecule has 0 spiro atoms. The average molecular weight is 474 g/mol. The van der Waals surface area contributed by atoms with Crippen molar-refractivity contribution in [2.75, 3.05) is 5.32 Å². The number of hydrazone groups is 1. The van der Waals surface area contributed by atoms with Gasteiger partial charge < -0.3 is 14.8 Å². The summed E-state index contributed by atoms with van der Waals surface area (Å²) in [5.74, 6) is 0.822. The number of nitrogens with zero attached hydrogens (tertiary/aromatic N) is 5. The minimum Gasteiger partial charge on any atom is -0.332 e. The molecule has 6 rings (SSSR count). The van der Waals surface area contributed by atoms with Crippen LogP contribution in [0.1, 0.15) is 78.3 Å². The van der Waals surface area contributed by atoms with Gasteiger partial charge in [0.05, 0.1) is 22.6 Å². The van der Waals surface area contributed by atoms with Crippen LogP contribution in [-0.4, -0.2) is 37.7 Å². The third-order valence-electron chi connectivity index (χ3n) is 6.89. The molecule has 2 N–H and O–H groups in total. The Bertz CT molecular complexity index is 1330.